The number of aromatic amines is 1. The maximum Gasteiger partial charge on any atom is 0.261 e. The van der Waals surface area contributed by atoms with Gasteiger partial charge in [-0.25, -0.2) is 9.98 Å². The third-order valence-electron chi connectivity index (χ3n) is 11.7. The number of aliphatic imine (C=N–C) groups is 1. The van der Waals surface area contributed by atoms with Gasteiger partial charge in [0.1, 0.15) is 5.82 Å². The summed E-state index contributed by atoms with van der Waals surface area (Å²) in [6, 6.07) is 21.7. The first-order valence-electron chi connectivity index (χ1n) is 17.8. The summed E-state index contributed by atoms with van der Waals surface area (Å²) < 4.78 is 1.79. The first-order valence-corrected chi connectivity index (χ1v) is 18.2. The number of hydrogen-bond acceptors (Lipinski definition) is 4. The molecule has 3 N–H and O–H groups in total. The predicted molar refractivity (Wildman–Crippen MR) is 202 cm³/mol. The Bertz CT molecular complexity index is 2190. The first-order chi connectivity index (χ1) is 24.0. The van der Waals surface area contributed by atoms with Crippen LogP contribution in [0.3, 0.4) is 0 Å². The van der Waals surface area contributed by atoms with Crippen molar-refractivity contribution in [2.24, 2.45) is 28.2 Å². The van der Waals surface area contributed by atoms with Gasteiger partial charge in [-0.15, -0.1) is 0 Å². The number of guanidine groups is 1. The Kier molecular flexibility index (Phi) is 8.21. The highest BCUT2D eigenvalue weighted by Crippen LogP contribution is 2.61. The van der Waals surface area contributed by atoms with Crippen LogP contribution in [0.1, 0.15) is 46.1 Å². The maximum atomic E-state index is 14.3. The van der Waals surface area contributed by atoms with E-state index in [1.165, 1.54) is 6.42 Å². The largest absolute Gasteiger partial charge is 0.360 e. The lowest BCUT2D eigenvalue weighted by Crippen LogP contribution is -2.58. The number of H-pyrrole nitrogens is 1. The molecule has 0 unspecified atom stereocenters. The molecule has 10 heteroatoms. The van der Waals surface area contributed by atoms with Crippen molar-refractivity contribution in [1.29, 1.82) is 0 Å². The van der Waals surface area contributed by atoms with Gasteiger partial charge in [-0.1, -0.05) is 62.7 Å². The van der Waals surface area contributed by atoms with Crippen LogP contribution in [0.4, 0.5) is 5.69 Å². The highest BCUT2D eigenvalue weighted by atomic mass is 35.5. The minimum Gasteiger partial charge on any atom is -0.360 e. The molecule has 4 aliphatic rings. The maximum absolute atomic E-state index is 14.3. The topological polar surface area (TPSA) is 107 Å². The molecule has 0 spiro atoms. The summed E-state index contributed by atoms with van der Waals surface area (Å²) in [6.45, 7) is 10.5. The summed E-state index contributed by atoms with van der Waals surface area (Å²) in [7, 11) is 0. The summed E-state index contributed by atoms with van der Waals surface area (Å²) in [5, 5.41) is 8.87. The van der Waals surface area contributed by atoms with Crippen molar-refractivity contribution in [3.8, 4) is 11.4 Å². The van der Waals surface area contributed by atoms with E-state index in [1.54, 1.807) is 4.57 Å². The molecule has 1 saturated heterocycles. The van der Waals surface area contributed by atoms with Gasteiger partial charge in [0.25, 0.3) is 5.56 Å². The van der Waals surface area contributed by atoms with E-state index in [0.717, 1.165) is 34.1 Å². The monoisotopic (exact) mass is 689 g/mol. The molecule has 3 saturated carbocycles. The molecule has 1 amide bonds. The standard InChI is InChI=1S/C40H44ClN7O2/c1-23-21-47(22-36(49)43-23)39(46-34-18-26-17-32(24(34)2)40(26,3)4)44-28-13-14-30-35(19-28)45-37(31-20-42-33-8-6-5-7-29(31)33)48(38(30)50)16-15-25-9-11-27(41)12-10-25/h5-14,19-20,23-24,26,32,34,42H,15-18,21-22H2,1-4H3,(H,43,49)(H,44,46)/t23-,24-,26+,32-,34-/m0/s1. The van der Waals surface area contributed by atoms with Crippen LogP contribution >= 0.6 is 11.6 Å². The molecule has 50 heavy (non-hydrogen) atoms. The van der Waals surface area contributed by atoms with Crippen LogP contribution in [0.15, 0.2) is 82.7 Å². The quantitative estimate of drug-likeness (QED) is 0.130. The van der Waals surface area contributed by atoms with E-state index in [4.69, 9.17) is 21.6 Å². The average molecular weight is 690 g/mol. The molecule has 3 aromatic carbocycles. The molecule has 9 rings (SSSR count). The van der Waals surface area contributed by atoms with Crippen LogP contribution < -0.4 is 16.2 Å². The number of fused-ring (bicyclic) bond motifs is 4. The number of amides is 1. The van der Waals surface area contributed by atoms with E-state index < -0.39 is 0 Å². The van der Waals surface area contributed by atoms with Crippen LogP contribution in [-0.4, -0.2) is 56.5 Å². The Labute approximate surface area is 297 Å². The number of rotatable bonds is 6. The average Bonchev–Trinajstić information content (AvgIpc) is 3.52. The lowest BCUT2D eigenvalue weighted by Gasteiger charge is -2.61. The Hall–Kier alpha value is -4.63. The normalized spacial score (nSPS) is 24.7. The fourth-order valence-corrected chi connectivity index (χ4v) is 8.85. The van der Waals surface area contributed by atoms with E-state index >= 15 is 0 Å². The molecule has 4 fully saturated rings. The molecule has 3 heterocycles. The predicted octanol–water partition coefficient (Wildman–Crippen LogP) is 7.10. The van der Waals surface area contributed by atoms with Crippen LogP contribution in [0.5, 0.6) is 0 Å². The number of carbonyl (C=O) groups excluding carboxylic acids is 1. The first kappa shape index (κ1) is 32.6. The van der Waals surface area contributed by atoms with Crippen molar-refractivity contribution < 1.29 is 4.79 Å². The molecule has 1 aliphatic heterocycles. The van der Waals surface area contributed by atoms with Gasteiger partial charge in [-0.05, 0) is 91.3 Å². The highest BCUT2D eigenvalue weighted by molar-refractivity contribution is 6.30. The number of anilines is 1. The Morgan fingerprint density at radius 1 is 1.04 bits per heavy atom. The van der Waals surface area contributed by atoms with E-state index in [1.807, 2.05) is 73.8 Å². The summed E-state index contributed by atoms with van der Waals surface area (Å²) >= 11 is 6.14. The summed E-state index contributed by atoms with van der Waals surface area (Å²) in [6.07, 6.45) is 4.91. The summed E-state index contributed by atoms with van der Waals surface area (Å²) in [4.78, 5) is 43.0. The number of nitrogens with one attached hydrogen (secondary N) is 3. The van der Waals surface area contributed by atoms with Crippen molar-refractivity contribution in [3.05, 3.63) is 93.9 Å². The van der Waals surface area contributed by atoms with Crippen molar-refractivity contribution in [2.75, 3.05) is 18.4 Å². The van der Waals surface area contributed by atoms with Gasteiger partial charge in [0.2, 0.25) is 5.91 Å². The van der Waals surface area contributed by atoms with Gasteiger partial charge in [-0.2, -0.15) is 0 Å². The highest BCUT2D eigenvalue weighted by Gasteiger charge is 2.56. The fraction of sp³-hybridized carbons (Fsp3) is 0.400. The van der Waals surface area contributed by atoms with E-state index in [-0.39, 0.29) is 30.1 Å². The molecular weight excluding hydrogens is 646 g/mol. The number of aryl methyl sites for hydroxylation is 1. The minimum atomic E-state index is -0.0934. The van der Waals surface area contributed by atoms with Gasteiger partial charge in [0, 0.05) is 52.5 Å². The third-order valence-corrected chi connectivity index (χ3v) is 12.0. The summed E-state index contributed by atoms with van der Waals surface area (Å²) in [5.41, 5.74) is 4.58. The number of carbonyl (C=O) groups is 1. The second-order valence-corrected chi connectivity index (χ2v) is 15.6. The number of halogens is 1. The number of aromatic nitrogens is 3. The molecule has 2 aromatic heterocycles. The van der Waals surface area contributed by atoms with Gasteiger partial charge < -0.3 is 20.5 Å². The van der Waals surface area contributed by atoms with E-state index in [2.05, 4.69) is 47.4 Å². The Morgan fingerprint density at radius 3 is 2.60 bits per heavy atom. The Morgan fingerprint density at radius 2 is 1.84 bits per heavy atom. The number of hydrogen-bond donors (Lipinski definition) is 3. The lowest BCUT2D eigenvalue weighted by atomic mass is 9.45. The Balaban J connectivity index is 1.18. The van der Waals surface area contributed by atoms with E-state index in [0.29, 0.717) is 70.4 Å². The lowest BCUT2D eigenvalue weighted by molar-refractivity contribution is -0.124. The molecule has 0 radical (unpaired) electrons. The molecular formula is C40H44ClN7O2. The number of para-hydroxylation sites is 1. The van der Waals surface area contributed by atoms with E-state index in [9.17, 15) is 9.59 Å². The zero-order valence-electron chi connectivity index (χ0n) is 29.0. The van der Waals surface area contributed by atoms with Gasteiger partial charge >= 0.3 is 0 Å². The SMILES string of the molecule is C[C@@H]1[C@@H](/N=C(/Nc2ccc3c(=O)n(CCc4ccc(Cl)cc4)c(-c4c[nH]c5ccccc45)nc3c2)N2CC(=O)N[C@@H](C)C2)C[C@H]2C[C@@H]1C2(C)C. The number of piperazine rings is 1. The van der Waals surface area contributed by atoms with Crippen LogP contribution in [0.2, 0.25) is 5.02 Å². The van der Waals surface area contributed by atoms with Crippen molar-refractivity contribution in [1.82, 2.24) is 24.8 Å². The molecule has 2 bridgehead atoms. The van der Waals surface area contributed by atoms with Crippen LogP contribution in [0, 0.1) is 23.2 Å². The minimum absolute atomic E-state index is 0.00251. The summed E-state index contributed by atoms with van der Waals surface area (Å²) in [5.74, 6) is 3.06. The smallest absolute Gasteiger partial charge is 0.261 e. The zero-order chi connectivity index (χ0) is 34.7. The number of benzene rings is 3. The second-order valence-electron chi connectivity index (χ2n) is 15.2. The van der Waals surface area contributed by atoms with Crippen LogP contribution in [0.25, 0.3) is 33.2 Å². The third kappa shape index (κ3) is 5.85. The second kappa shape index (κ2) is 12.6. The van der Waals surface area contributed by atoms with Crippen molar-refractivity contribution >= 4 is 51.0 Å². The number of nitrogens with zero attached hydrogens (tertiary/aromatic N) is 4. The van der Waals surface area contributed by atoms with Gasteiger partial charge in [0.15, 0.2) is 5.96 Å². The zero-order valence-corrected chi connectivity index (χ0v) is 29.8. The molecule has 5 atom stereocenters. The molecule has 5 aromatic rings. The fourth-order valence-electron chi connectivity index (χ4n) is 8.73. The van der Waals surface area contributed by atoms with Crippen LogP contribution in [-0.2, 0) is 17.8 Å². The molecule has 3 aliphatic carbocycles. The van der Waals surface area contributed by atoms with Gasteiger partial charge in [0.05, 0.1) is 23.5 Å². The van der Waals surface area contributed by atoms with Crippen molar-refractivity contribution in [3.63, 3.8) is 0 Å². The molecule has 258 valence electrons. The van der Waals surface area contributed by atoms with Gasteiger partial charge in [-0.3, -0.25) is 14.2 Å². The molecule has 9 nitrogen and oxygen atoms in total. The van der Waals surface area contributed by atoms with Crippen molar-refractivity contribution in [2.45, 2.75) is 65.6 Å².